The van der Waals surface area contributed by atoms with Gasteiger partial charge in [-0.15, -0.1) is 0 Å². The number of ether oxygens (including phenoxy) is 2. The zero-order valence-electron chi connectivity index (χ0n) is 16.2. The number of carbonyl (C=O) groups is 1. The number of amides is 1. The van der Waals surface area contributed by atoms with Crippen molar-refractivity contribution in [2.75, 3.05) is 6.61 Å². The van der Waals surface area contributed by atoms with E-state index in [1.165, 1.54) is 5.56 Å². The Balaban J connectivity index is 1.78. The van der Waals surface area contributed by atoms with Crippen molar-refractivity contribution in [1.29, 1.82) is 0 Å². The third kappa shape index (κ3) is 4.07. The molecule has 3 rings (SSSR count). The van der Waals surface area contributed by atoms with Crippen LogP contribution in [0.25, 0.3) is 0 Å². The van der Waals surface area contributed by atoms with Crippen molar-refractivity contribution < 1.29 is 14.3 Å². The number of allylic oxidation sites excluding steroid dienone is 1. The Morgan fingerprint density at radius 2 is 1.88 bits per heavy atom. The first kappa shape index (κ1) is 19.2. The van der Waals surface area contributed by atoms with Gasteiger partial charge in [-0.3, -0.25) is 4.90 Å². The smallest absolute Gasteiger partial charge is 0.413 e. The summed E-state index contributed by atoms with van der Waals surface area (Å²) in [6.45, 7) is 9.89. The number of carbonyl (C=O) groups excluding carboxylic acids is 1. The van der Waals surface area contributed by atoms with Gasteiger partial charge in [0.25, 0.3) is 0 Å². The van der Waals surface area contributed by atoms with Crippen LogP contribution in [-0.2, 0) is 14.9 Å². The Morgan fingerprint density at radius 3 is 2.42 bits per heavy atom. The lowest BCUT2D eigenvalue weighted by Crippen LogP contribution is -2.49. The first-order chi connectivity index (χ1) is 12.0. The maximum atomic E-state index is 12.7. The van der Waals surface area contributed by atoms with E-state index >= 15 is 0 Å². The predicted molar refractivity (Wildman–Crippen MR) is 103 cm³/mol. The van der Waals surface area contributed by atoms with Crippen LogP contribution in [0.2, 0.25) is 5.02 Å². The van der Waals surface area contributed by atoms with Gasteiger partial charge in [-0.1, -0.05) is 35.9 Å². The fraction of sp³-hybridized carbons (Fsp3) is 0.571. The Kier molecular flexibility index (Phi) is 4.87. The van der Waals surface area contributed by atoms with Gasteiger partial charge in [-0.2, -0.15) is 0 Å². The minimum absolute atomic E-state index is 0.0525. The molecule has 5 heteroatoms. The third-order valence-electron chi connectivity index (χ3n) is 4.95. The quantitative estimate of drug-likeness (QED) is 0.671. The van der Waals surface area contributed by atoms with E-state index in [9.17, 15) is 4.79 Å². The molecule has 0 N–H and O–H groups in total. The van der Waals surface area contributed by atoms with Gasteiger partial charge >= 0.3 is 6.09 Å². The van der Waals surface area contributed by atoms with Gasteiger partial charge in [0.1, 0.15) is 11.3 Å². The molecule has 1 saturated heterocycles. The predicted octanol–water partition coefficient (Wildman–Crippen LogP) is 5.30. The molecule has 1 aromatic rings. The fourth-order valence-electron chi connectivity index (χ4n) is 3.40. The van der Waals surface area contributed by atoms with Crippen molar-refractivity contribution in [3.8, 4) is 0 Å². The highest BCUT2D eigenvalue weighted by atomic mass is 35.5. The number of nitrogens with zero attached hydrogens (tertiary/aromatic N) is 1. The van der Waals surface area contributed by atoms with Crippen LogP contribution >= 0.6 is 11.6 Å². The van der Waals surface area contributed by atoms with Crippen LogP contribution in [0.5, 0.6) is 0 Å². The second-order valence-corrected chi connectivity index (χ2v) is 9.13. The van der Waals surface area contributed by atoms with Gasteiger partial charge < -0.3 is 9.47 Å². The topological polar surface area (TPSA) is 38.8 Å². The van der Waals surface area contributed by atoms with Crippen LogP contribution in [0.1, 0.15) is 53.0 Å². The summed E-state index contributed by atoms with van der Waals surface area (Å²) in [6.07, 6.45) is 6.19. The molecule has 0 bridgehead atoms. The zero-order chi connectivity index (χ0) is 19.2. The van der Waals surface area contributed by atoms with Gasteiger partial charge in [0.2, 0.25) is 0 Å². The first-order valence-electron chi connectivity index (χ1n) is 9.14. The minimum Gasteiger partial charge on any atom is -0.444 e. The summed E-state index contributed by atoms with van der Waals surface area (Å²) in [5, 5.41) is 0.746. The van der Waals surface area contributed by atoms with E-state index in [1.807, 2.05) is 46.8 Å². The van der Waals surface area contributed by atoms with Gasteiger partial charge in [0, 0.05) is 10.4 Å². The average molecular weight is 378 g/mol. The van der Waals surface area contributed by atoms with E-state index in [2.05, 4.69) is 24.3 Å². The van der Waals surface area contributed by atoms with E-state index in [-0.39, 0.29) is 17.6 Å². The van der Waals surface area contributed by atoms with Gasteiger partial charge in [-0.25, -0.2) is 4.79 Å². The third-order valence-corrected chi connectivity index (χ3v) is 5.21. The molecule has 1 unspecified atom stereocenters. The lowest BCUT2D eigenvalue weighted by atomic mass is 9.95. The zero-order valence-corrected chi connectivity index (χ0v) is 17.0. The highest BCUT2D eigenvalue weighted by Gasteiger charge is 2.46. The van der Waals surface area contributed by atoms with E-state index in [1.54, 1.807) is 4.90 Å². The van der Waals surface area contributed by atoms with Gasteiger partial charge in [0.15, 0.2) is 0 Å². The monoisotopic (exact) mass is 377 g/mol. The standard InChI is InChI=1S/C21H28ClNO3/c1-19(2,3)26-18(24)23-17(14-25-20(23,4)5)10-11-21(12-13-21)15-6-8-16(22)9-7-15/h6-11,17H,12-14H2,1-5H3. The Hall–Kier alpha value is -1.52. The molecular weight excluding hydrogens is 350 g/mol. The summed E-state index contributed by atoms with van der Waals surface area (Å²) in [4.78, 5) is 14.4. The van der Waals surface area contributed by atoms with Crippen LogP contribution in [0, 0.1) is 0 Å². The van der Waals surface area contributed by atoms with Gasteiger partial charge in [0.05, 0.1) is 12.6 Å². The molecule has 1 aliphatic heterocycles. The fourth-order valence-corrected chi connectivity index (χ4v) is 3.53. The maximum Gasteiger partial charge on any atom is 0.413 e. The van der Waals surface area contributed by atoms with Crippen LogP contribution in [-0.4, -0.2) is 35.0 Å². The van der Waals surface area contributed by atoms with Crippen molar-refractivity contribution in [3.63, 3.8) is 0 Å². The molecule has 1 amide bonds. The van der Waals surface area contributed by atoms with Crippen LogP contribution < -0.4 is 0 Å². The molecule has 0 aromatic heterocycles. The van der Waals surface area contributed by atoms with Crippen molar-refractivity contribution >= 4 is 17.7 Å². The molecule has 1 aromatic carbocycles. The highest BCUT2D eigenvalue weighted by molar-refractivity contribution is 6.30. The van der Waals surface area contributed by atoms with Crippen LogP contribution in [0.3, 0.4) is 0 Å². The maximum absolute atomic E-state index is 12.7. The summed E-state index contributed by atoms with van der Waals surface area (Å²) in [5.74, 6) is 0. The minimum atomic E-state index is -0.686. The molecule has 1 heterocycles. The highest BCUT2D eigenvalue weighted by Crippen LogP contribution is 2.50. The van der Waals surface area contributed by atoms with Crippen molar-refractivity contribution in [1.82, 2.24) is 4.90 Å². The largest absolute Gasteiger partial charge is 0.444 e. The molecule has 0 radical (unpaired) electrons. The molecular formula is C21H28ClNO3. The van der Waals surface area contributed by atoms with Crippen LogP contribution in [0.15, 0.2) is 36.4 Å². The normalized spacial score (nSPS) is 24.1. The Bertz CT molecular complexity index is 699. The second-order valence-electron chi connectivity index (χ2n) is 8.70. The number of halogens is 1. The van der Waals surface area contributed by atoms with Crippen LogP contribution in [0.4, 0.5) is 4.79 Å². The van der Waals surface area contributed by atoms with Crippen molar-refractivity contribution in [2.24, 2.45) is 0 Å². The second kappa shape index (κ2) is 6.58. The molecule has 0 spiro atoms. The number of hydrogen-bond donors (Lipinski definition) is 0. The summed E-state index contributed by atoms with van der Waals surface area (Å²) >= 11 is 6.01. The average Bonchev–Trinajstić information content (AvgIpc) is 3.23. The van der Waals surface area contributed by atoms with E-state index in [4.69, 9.17) is 21.1 Å². The van der Waals surface area contributed by atoms with E-state index < -0.39 is 11.3 Å². The lowest BCUT2D eigenvalue weighted by Gasteiger charge is -2.34. The summed E-state index contributed by atoms with van der Waals surface area (Å²) < 4.78 is 11.5. The molecule has 4 nitrogen and oxygen atoms in total. The van der Waals surface area contributed by atoms with E-state index in [0.717, 1.165) is 17.9 Å². The number of hydrogen-bond acceptors (Lipinski definition) is 3. The Labute approximate surface area is 161 Å². The molecule has 142 valence electrons. The molecule has 2 aliphatic rings. The molecule has 1 atom stereocenters. The Morgan fingerprint density at radius 1 is 1.27 bits per heavy atom. The van der Waals surface area contributed by atoms with Crippen molar-refractivity contribution in [2.45, 2.75) is 70.2 Å². The summed E-state index contributed by atoms with van der Waals surface area (Å²) in [5.41, 5.74) is 0.0937. The molecule has 26 heavy (non-hydrogen) atoms. The molecule has 1 aliphatic carbocycles. The van der Waals surface area contributed by atoms with Crippen molar-refractivity contribution in [3.05, 3.63) is 47.0 Å². The number of rotatable bonds is 3. The molecule has 1 saturated carbocycles. The summed E-state index contributed by atoms with van der Waals surface area (Å²) in [6, 6.07) is 7.89. The lowest BCUT2D eigenvalue weighted by molar-refractivity contribution is -0.0610. The first-order valence-corrected chi connectivity index (χ1v) is 9.52. The SMILES string of the molecule is CC(C)(C)OC(=O)N1C(C=CC2(c3ccc(Cl)cc3)CC2)COC1(C)C. The van der Waals surface area contributed by atoms with E-state index in [0.29, 0.717) is 6.61 Å². The molecule has 2 fully saturated rings. The number of benzene rings is 1. The van der Waals surface area contributed by atoms with Gasteiger partial charge in [-0.05, 0) is 65.2 Å². The summed E-state index contributed by atoms with van der Waals surface area (Å²) in [7, 11) is 0.